The second kappa shape index (κ2) is 6.10. The number of methoxy groups -OCH3 is 1. The minimum absolute atomic E-state index is 0.0428. The third kappa shape index (κ3) is 3.49. The van der Waals surface area contributed by atoms with Gasteiger partial charge in [-0.3, -0.25) is 4.90 Å². The number of hydrogen-bond donors (Lipinski definition) is 0. The summed E-state index contributed by atoms with van der Waals surface area (Å²) in [6.45, 7) is 4.13. The molecule has 0 N–H and O–H groups in total. The fraction of sp³-hybridized carbons (Fsp3) is 0.538. The van der Waals surface area contributed by atoms with Crippen LogP contribution in [-0.4, -0.2) is 44.9 Å². The van der Waals surface area contributed by atoms with E-state index in [1.165, 1.54) is 12.1 Å². The molecule has 0 aliphatic carbocycles. The van der Waals surface area contributed by atoms with Gasteiger partial charge >= 0.3 is 0 Å². The van der Waals surface area contributed by atoms with Crippen LogP contribution in [0.5, 0.6) is 0 Å². The van der Waals surface area contributed by atoms with Crippen molar-refractivity contribution in [2.45, 2.75) is 6.10 Å². The van der Waals surface area contributed by atoms with Crippen LogP contribution in [0.1, 0.15) is 11.7 Å². The van der Waals surface area contributed by atoms with Gasteiger partial charge in [0.25, 0.3) is 0 Å². The fourth-order valence-corrected chi connectivity index (χ4v) is 2.01. The second-order valence-electron chi connectivity index (χ2n) is 4.20. The topological polar surface area (TPSA) is 21.7 Å². The minimum atomic E-state index is -0.208. The number of hydrogen-bond acceptors (Lipinski definition) is 3. The lowest BCUT2D eigenvalue weighted by atomic mass is 10.1. The summed E-state index contributed by atoms with van der Waals surface area (Å²) in [6, 6.07) is 6.54. The average molecular weight is 239 g/mol. The molecule has 3 nitrogen and oxygen atoms in total. The molecule has 0 amide bonds. The van der Waals surface area contributed by atoms with E-state index in [1.54, 1.807) is 19.2 Å². The highest BCUT2D eigenvalue weighted by atomic mass is 19.1. The van der Waals surface area contributed by atoms with Crippen molar-refractivity contribution in [1.29, 1.82) is 0 Å². The lowest BCUT2D eigenvalue weighted by Gasteiger charge is -2.32. The first-order chi connectivity index (χ1) is 8.29. The van der Waals surface area contributed by atoms with Crippen LogP contribution in [0, 0.1) is 5.82 Å². The van der Waals surface area contributed by atoms with E-state index in [2.05, 4.69) is 4.90 Å². The maximum Gasteiger partial charge on any atom is 0.123 e. The summed E-state index contributed by atoms with van der Waals surface area (Å²) in [5.41, 5.74) is 1.04. The van der Waals surface area contributed by atoms with E-state index in [1.807, 2.05) is 0 Å². The zero-order valence-corrected chi connectivity index (χ0v) is 10.1. The van der Waals surface area contributed by atoms with E-state index in [4.69, 9.17) is 9.47 Å². The van der Waals surface area contributed by atoms with E-state index < -0.39 is 0 Å². The molecule has 2 rings (SSSR count). The Kier molecular flexibility index (Phi) is 4.48. The number of nitrogens with zero attached hydrogens (tertiary/aromatic N) is 1. The smallest absolute Gasteiger partial charge is 0.123 e. The Bertz CT molecular complexity index is 342. The molecule has 1 saturated heterocycles. The van der Waals surface area contributed by atoms with Crippen LogP contribution in [0.25, 0.3) is 0 Å². The molecular formula is C13H18FNO2. The molecule has 1 heterocycles. The maximum absolute atomic E-state index is 12.8. The van der Waals surface area contributed by atoms with Gasteiger partial charge in [0.2, 0.25) is 0 Å². The first-order valence-corrected chi connectivity index (χ1v) is 5.88. The largest absolute Gasteiger partial charge is 0.383 e. The third-order valence-corrected chi connectivity index (χ3v) is 3.00. The SMILES string of the molecule is COCCN1CCO[C@@H](c2ccc(F)cc2)C1. The van der Waals surface area contributed by atoms with E-state index in [9.17, 15) is 4.39 Å². The molecule has 0 unspecified atom stereocenters. The third-order valence-electron chi connectivity index (χ3n) is 3.00. The number of benzene rings is 1. The molecule has 0 bridgehead atoms. The number of halogens is 1. The van der Waals surface area contributed by atoms with Crippen LogP contribution < -0.4 is 0 Å². The molecule has 17 heavy (non-hydrogen) atoms. The van der Waals surface area contributed by atoms with Gasteiger partial charge < -0.3 is 9.47 Å². The summed E-state index contributed by atoms with van der Waals surface area (Å²) < 4.78 is 23.6. The quantitative estimate of drug-likeness (QED) is 0.800. The van der Waals surface area contributed by atoms with Crippen molar-refractivity contribution in [3.05, 3.63) is 35.6 Å². The molecule has 4 heteroatoms. The Hall–Kier alpha value is -0.970. The molecule has 94 valence electrons. The van der Waals surface area contributed by atoms with Gasteiger partial charge in [0.05, 0.1) is 19.3 Å². The Morgan fingerprint density at radius 3 is 2.88 bits per heavy atom. The summed E-state index contributed by atoms with van der Waals surface area (Å²) in [5, 5.41) is 0. The Morgan fingerprint density at radius 1 is 1.41 bits per heavy atom. The monoisotopic (exact) mass is 239 g/mol. The fourth-order valence-electron chi connectivity index (χ4n) is 2.01. The van der Waals surface area contributed by atoms with Crippen LogP contribution in [0.4, 0.5) is 4.39 Å². The lowest BCUT2D eigenvalue weighted by Crippen LogP contribution is -2.40. The summed E-state index contributed by atoms with van der Waals surface area (Å²) >= 11 is 0. The van der Waals surface area contributed by atoms with E-state index in [0.717, 1.165) is 31.8 Å². The van der Waals surface area contributed by atoms with Crippen molar-refractivity contribution in [2.75, 3.05) is 40.0 Å². The minimum Gasteiger partial charge on any atom is -0.383 e. The van der Waals surface area contributed by atoms with Gasteiger partial charge in [-0.25, -0.2) is 4.39 Å². The van der Waals surface area contributed by atoms with E-state index >= 15 is 0 Å². The normalized spacial score (nSPS) is 21.6. The Balaban J connectivity index is 1.94. The number of rotatable bonds is 4. The van der Waals surface area contributed by atoms with Gasteiger partial charge in [0, 0.05) is 26.7 Å². The van der Waals surface area contributed by atoms with Crippen LogP contribution in [-0.2, 0) is 9.47 Å². The number of ether oxygens (including phenoxy) is 2. The summed E-state index contributed by atoms with van der Waals surface area (Å²) in [5.74, 6) is -0.208. The van der Waals surface area contributed by atoms with Gasteiger partial charge in [0.1, 0.15) is 5.82 Å². The average Bonchev–Trinajstić information content (AvgIpc) is 2.37. The van der Waals surface area contributed by atoms with E-state index in [-0.39, 0.29) is 11.9 Å². The summed E-state index contributed by atoms with van der Waals surface area (Å²) in [6.07, 6.45) is 0.0428. The Labute approximate surface area is 101 Å². The molecule has 1 fully saturated rings. The highest BCUT2D eigenvalue weighted by molar-refractivity contribution is 5.19. The van der Waals surface area contributed by atoms with E-state index in [0.29, 0.717) is 6.61 Å². The predicted octanol–water partition coefficient (Wildman–Crippen LogP) is 1.85. The molecular weight excluding hydrogens is 221 g/mol. The molecule has 1 aliphatic heterocycles. The van der Waals surface area contributed by atoms with Crippen molar-refractivity contribution in [3.63, 3.8) is 0 Å². The van der Waals surface area contributed by atoms with Crippen molar-refractivity contribution >= 4 is 0 Å². The maximum atomic E-state index is 12.8. The zero-order chi connectivity index (χ0) is 12.1. The molecule has 1 aliphatic rings. The predicted molar refractivity (Wildman–Crippen MR) is 63.4 cm³/mol. The Morgan fingerprint density at radius 2 is 2.18 bits per heavy atom. The van der Waals surface area contributed by atoms with Crippen LogP contribution in [0.15, 0.2) is 24.3 Å². The molecule has 0 saturated carbocycles. The van der Waals surface area contributed by atoms with Crippen LogP contribution in [0.3, 0.4) is 0 Å². The lowest BCUT2D eigenvalue weighted by molar-refractivity contribution is -0.0356. The molecule has 1 atom stereocenters. The standard InChI is InChI=1S/C13H18FNO2/c1-16-8-6-15-7-9-17-13(10-15)11-2-4-12(14)5-3-11/h2-5,13H,6-10H2,1H3/t13-/m1/s1. The van der Waals surface area contributed by atoms with Gasteiger partial charge in [-0.1, -0.05) is 12.1 Å². The molecule has 1 aromatic rings. The first-order valence-electron chi connectivity index (χ1n) is 5.88. The highest BCUT2D eigenvalue weighted by Gasteiger charge is 2.21. The van der Waals surface area contributed by atoms with Gasteiger partial charge in [-0.05, 0) is 17.7 Å². The molecule has 0 radical (unpaired) electrons. The first kappa shape index (κ1) is 12.5. The van der Waals surface area contributed by atoms with Gasteiger partial charge in [-0.2, -0.15) is 0 Å². The zero-order valence-electron chi connectivity index (χ0n) is 10.1. The van der Waals surface area contributed by atoms with Gasteiger partial charge in [-0.15, -0.1) is 0 Å². The summed E-state index contributed by atoms with van der Waals surface area (Å²) in [7, 11) is 1.71. The van der Waals surface area contributed by atoms with Crippen LogP contribution >= 0.6 is 0 Å². The van der Waals surface area contributed by atoms with Crippen molar-refractivity contribution < 1.29 is 13.9 Å². The highest BCUT2D eigenvalue weighted by Crippen LogP contribution is 2.22. The van der Waals surface area contributed by atoms with Gasteiger partial charge in [0.15, 0.2) is 0 Å². The van der Waals surface area contributed by atoms with Crippen molar-refractivity contribution in [1.82, 2.24) is 4.90 Å². The second-order valence-corrected chi connectivity index (χ2v) is 4.20. The molecule has 1 aromatic carbocycles. The van der Waals surface area contributed by atoms with Crippen molar-refractivity contribution in [3.8, 4) is 0 Å². The molecule has 0 spiro atoms. The number of morpholine rings is 1. The van der Waals surface area contributed by atoms with Crippen LogP contribution in [0.2, 0.25) is 0 Å². The van der Waals surface area contributed by atoms with Crippen molar-refractivity contribution in [2.24, 2.45) is 0 Å². The summed E-state index contributed by atoms with van der Waals surface area (Å²) in [4.78, 5) is 2.31. The molecule has 0 aromatic heterocycles.